The summed E-state index contributed by atoms with van der Waals surface area (Å²) in [6, 6.07) is 2.34. The van der Waals surface area contributed by atoms with Crippen LogP contribution >= 0.6 is 0 Å². The molecule has 0 aromatic heterocycles. The summed E-state index contributed by atoms with van der Waals surface area (Å²) in [5, 5.41) is 9.20. The van der Waals surface area contributed by atoms with Crippen LogP contribution in [0.1, 0.15) is 53.9 Å². The van der Waals surface area contributed by atoms with Crippen molar-refractivity contribution in [2.75, 3.05) is 6.61 Å². The quantitative estimate of drug-likeness (QED) is 0.508. The van der Waals surface area contributed by atoms with Crippen molar-refractivity contribution < 1.29 is 4.43 Å². The largest absolute Gasteiger partial charge is 0.417 e. The Morgan fingerprint density at radius 3 is 2.00 bits per heavy atom. The molecule has 0 heterocycles. The van der Waals surface area contributed by atoms with Gasteiger partial charge in [-0.05, 0) is 51.2 Å². The third-order valence-electron chi connectivity index (χ3n) is 3.77. The van der Waals surface area contributed by atoms with Gasteiger partial charge in [-0.1, -0.05) is 20.8 Å². The molecule has 0 bridgehead atoms. The van der Waals surface area contributed by atoms with Crippen LogP contribution in [0.4, 0.5) is 0 Å². The Morgan fingerprint density at radius 1 is 1.06 bits per heavy atom. The third kappa shape index (κ3) is 6.23. The number of rotatable bonds is 6. The number of hydrogen-bond donors (Lipinski definition) is 0. The summed E-state index contributed by atoms with van der Waals surface area (Å²) in [5.41, 5.74) is -0.184. The molecule has 0 N–H and O–H groups in total. The highest BCUT2D eigenvalue weighted by Gasteiger charge is 2.36. The molecular formula is C14H29NOSi. The highest BCUT2D eigenvalue weighted by molar-refractivity contribution is 6.74. The maximum atomic E-state index is 8.91. The van der Waals surface area contributed by atoms with E-state index in [-0.39, 0.29) is 5.41 Å². The predicted octanol–water partition coefficient (Wildman–Crippen LogP) is 4.73. The van der Waals surface area contributed by atoms with E-state index in [1.807, 2.05) is 13.8 Å². The van der Waals surface area contributed by atoms with E-state index in [9.17, 15) is 0 Å². The smallest absolute Gasteiger partial charge is 0.191 e. The molecule has 17 heavy (non-hydrogen) atoms. The van der Waals surface area contributed by atoms with E-state index in [1.54, 1.807) is 0 Å². The second-order valence-electron chi connectivity index (χ2n) is 7.06. The molecule has 0 fully saturated rings. The predicted molar refractivity (Wildman–Crippen MR) is 76.4 cm³/mol. The molecule has 0 saturated carbocycles. The summed E-state index contributed by atoms with van der Waals surface area (Å²) in [5.74, 6) is 0. The fraction of sp³-hybridized carbons (Fsp3) is 0.929. The average molecular weight is 255 g/mol. The van der Waals surface area contributed by atoms with Crippen molar-refractivity contribution in [1.82, 2.24) is 0 Å². The van der Waals surface area contributed by atoms with Gasteiger partial charge in [0, 0.05) is 6.61 Å². The molecule has 0 amide bonds. The number of hydrogen-bond acceptors (Lipinski definition) is 2. The van der Waals surface area contributed by atoms with Crippen molar-refractivity contribution in [3.8, 4) is 6.07 Å². The van der Waals surface area contributed by atoms with Crippen LogP contribution in [0.25, 0.3) is 0 Å². The lowest BCUT2D eigenvalue weighted by molar-refractivity contribution is 0.270. The zero-order valence-corrected chi connectivity index (χ0v) is 13.7. The van der Waals surface area contributed by atoms with E-state index in [1.165, 1.54) is 0 Å². The second kappa shape index (κ2) is 6.02. The Balaban J connectivity index is 3.85. The molecule has 2 nitrogen and oxygen atoms in total. The van der Waals surface area contributed by atoms with E-state index < -0.39 is 8.32 Å². The van der Waals surface area contributed by atoms with Gasteiger partial charge in [0.25, 0.3) is 0 Å². The lowest BCUT2D eigenvalue weighted by Crippen LogP contribution is -2.40. The summed E-state index contributed by atoms with van der Waals surface area (Å²) in [7, 11) is -1.57. The van der Waals surface area contributed by atoms with Gasteiger partial charge in [0.2, 0.25) is 0 Å². The van der Waals surface area contributed by atoms with Crippen molar-refractivity contribution in [2.24, 2.45) is 5.41 Å². The Hall–Kier alpha value is -0.333. The van der Waals surface area contributed by atoms with Crippen molar-refractivity contribution in [1.29, 1.82) is 5.26 Å². The first kappa shape index (κ1) is 16.7. The van der Waals surface area contributed by atoms with Gasteiger partial charge in [-0.25, -0.2) is 0 Å². The second-order valence-corrected chi connectivity index (χ2v) is 11.9. The molecule has 0 radical (unpaired) electrons. The van der Waals surface area contributed by atoms with Crippen LogP contribution in [0.3, 0.4) is 0 Å². The van der Waals surface area contributed by atoms with Crippen molar-refractivity contribution in [3.63, 3.8) is 0 Å². The van der Waals surface area contributed by atoms with E-state index in [2.05, 4.69) is 39.9 Å². The average Bonchev–Trinajstić information content (AvgIpc) is 2.15. The molecule has 0 saturated heterocycles. The minimum atomic E-state index is -1.57. The Kier molecular flexibility index (Phi) is 5.90. The highest BCUT2D eigenvalue weighted by Crippen LogP contribution is 2.36. The maximum absolute atomic E-state index is 8.91. The fourth-order valence-corrected chi connectivity index (χ4v) is 2.36. The summed E-state index contributed by atoms with van der Waals surface area (Å²) in [4.78, 5) is 0. The topological polar surface area (TPSA) is 33.0 Å². The van der Waals surface area contributed by atoms with Crippen LogP contribution in [0.5, 0.6) is 0 Å². The van der Waals surface area contributed by atoms with Gasteiger partial charge in [0.1, 0.15) is 0 Å². The molecule has 0 aromatic carbocycles. The van der Waals surface area contributed by atoms with Gasteiger partial charge in [0.05, 0.1) is 11.5 Å². The zero-order chi connectivity index (χ0) is 13.7. The van der Waals surface area contributed by atoms with E-state index >= 15 is 0 Å². The number of unbranched alkanes of at least 4 members (excludes halogenated alkanes) is 1. The molecule has 0 aliphatic heterocycles. The molecule has 0 spiro atoms. The number of nitriles is 1. The summed E-state index contributed by atoms with van der Waals surface area (Å²) in [6.45, 7) is 16.2. The van der Waals surface area contributed by atoms with Crippen LogP contribution in [0.2, 0.25) is 18.1 Å². The van der Waals surface area contributed by atoms with Gasteiger partial charge in [-0.2, -0.15) is 5.26 Å². The summed E-state index contributed by atoms with van der Waals surface area (Å²) in [6.07, 6.45) is 3.11. The van der Waals surface area contributed by atoms with Crippen molar-refractivity contribution >= 4 is 8.32 Å². The zero-order valence-electron chi connectivity index (χ0n) is 12.7. The fourth-order valence-electron chi connectivity index (χ4n) is 1.27. The van der Waals surface area contributed by atoms with Crippen LogP contribution in [-0.4, -0.2) is 14.9 Å². The van der Waals surface area contributed by atoms with E-state index in [0.717, 1.165) is 25.9 Å². The SMILES string of the molecule is CC(C)(C#N)CCCCO[Si](C)(C)C(C)(C)C. The van der Waals surface area contributed by atoms with Crippen LogP contribution < -0.4 is 0 Å². The molecule has 0 aromatic rings. The molecule has 100 valence electrons. The Labute approximate surface area is 108 Å². The molecule has 0 atom stereocenters. The minimum absolute atomic E-state index is 0.184. The third-order valence-corrected chi connectivity index (χ3v) is 8.31. The van der Waals surface area contributed by atoms with Crippen molar-refractivity contribution in [3.05, 3.63) is 0 Å². The molecule has 3 heteroatoms. The summed E-state index contributed by atoms with van der Waals surface area (Å²) >= 11 is 0. The molecular weight excluding hydrogens is 226 g/mol. The highest BCUT2D eigenvalue weighted by atomic mass is 28.4. The molecule has 0 aliphatic carbocycles. The number of nitrogens with zero attached hydrogens (tertiary/aromatic N) is 1. The van der Waals surface area contributed by atoms with E-state index in [4.69, 9.17) is 9.69 Å². The Morgan fingerprint density at radius 2 is 1.59 bits per heavy atom. The van der Waals surface area contributed by atoms with Crippen LogP contribution in [0.15, 0.2) is 0 Å². The molecule has 0 aliphatic rings. The van der Waals surface area contributed by atoms with E-state index in [0.29, 0.717) is 5.04 Å². The first-order valence-corrected chi connectivity index (χ1v) is 9.48. The molecule has 0 unspecified atom stereocenters. The lowest BCUT2D eigenvalue weighted by atomic mass is 9.89. The van der Waals surface area contributed by atoms with Crippen LogP contribution in [-0.2, 0) is 4.43 Å². The van der Waals surface area contributed by atoms with Gasteiger partial charge in [0.15, 0.2) is 8.32 Å². The first-order chi connectivity index (χ1) is 7.52. The molecule has 0 rings (SSSR count). The maximum Gasteiger partial charge on any atom is 0.191 e. The van der Waals surface area contributed by atoms with Gasteiger partial charge in [-0.15, -0.1) is 0 Å². The Bertz CT molecular complexity index is 271. The lowest BCUT2D eigenvalue weighted by Gasteiger charge is -2.36. The van der Waals surface area contributed by atoms with Gasteiger partial charge >= 0.3 is 0 Å². The van der Waals surface area contributed by atoms with Gasteiger partial charge in [-0.3, -0.25) is 0 Å². The van der Waals surface area contributed by atoms with Gasteiger partial charge < -0.3 is 4.43 Å². The van der Waals surface area contributed by atoms with Crippen molar-refractivity contribution in [2.45, 2.75) is 72.0 Å². The minimum Gasteiger partial charge on any atom is -0.417 e. The van der Waals surface area contributed by atoms with Crippen LogP contribution in [0, 0.1) is 16.7 Å². The first-order valence-electron chi connectivity index (χ1n) is 6.57. The summed E-state index contributed by atoms with van der Waals surface area (Å²) < 4.78 is 6.10. The normalized spacial score (nSPS) is 13.5. The standard InChI is InChI=1S/C14H29NOSi/c1-13(2,3)17(6,7)16-11-9-8-10-14(4,5)12-15/h8-11H2,1-7H3. The monoisotopic (exact) mass is 255 g/mol.